The first-order valence-corrected chi connectivity index (χ1v) is 7.50. The monoisotopic (exact) mass is 261 g/mol. The molecule has 3 nitrogen and oxygen atoms in total. The summed E-state index contributed by atoms with van der Waals surface area (Å²) in [6, 6.07) is 9.02. The van der Waals surface area contributed by atoms with Crippen molar-refractivity contribution in [2.75, 3.05) is 38.5 Å². The van der Waals surface area contributed by atoms with E-state index in [1.165, 1.54) is 38.2 Å². The van der Waals surface area contributed by atoms with E-state index >= 15 is 0 Å². The average molecular weight is 261 g/mol. The van der Waals surface area contributed by atoms with Gasteiger partial charge in [0.2, 0.25) is 0 Å². The average Bonchev–Trinajstić information content (AvgIpc) is 2.46. The van der Waals surface area contributed by atoms with E-state index in [0.29, 0.717) is 0 Å². The third kappa shape index (κ3) is 4.22. The molecule has 0 radical (unpaired) electrons. The van der Waals surface area contributed by atoms with Crippen LogP contribution in [0.5, 0.6) is 0 Å². The molecule has 1 saturated heterocycles. The van der Waals surface area contributed by atoms with Gasteiger partial charge in [0.05, 0.1) is 0 Å². The Morgan fingerprint density at radius 2 is 1.74 bits per heavy atom. The van der Waals surface area contributed by atoms with Gasteiger partial charge in [0.1, 0.15) is 0 Å². The van der Waals surface area contributed by atoms with E-state index < -0.39 is 0 Å². The summed E-state index contributed by atoms with van der Waals surface area (Å²) >= 11 is 0. The second-order valence-corrected chi connectivity index (χ2v) is 5.63. The summed E-state index contributed by atoms with van der Waals surface area (Å²) in [4.78, 5) is 5.19. The van der Waals surface area contributed by atoms with Crippen LogP contribution < -0.4 is 5.73 Å². The molecule has 0 amide bonds. The molecule has 2 N–H and O–H groups in total. The van der Waals surface area contributed by atoms with E-state index in [-0.39, 0.29) is 0 Å². The maximum atomic E-state index is 5.71. The Labute approximate surface area is 117 Å². The predicted octanol–water partition coefficient (Wildman–Crippen LogP) is 2.23. The summed E-state index contributed by atoms with van der Waals surface area (Å²) in [6.07, 6.45) is 2.38. The lowest BCUT2D eigenvalue weighted by atomic mass is 10.1. The lowest BCUT2D eigenvalue weighted by Gasteiger charge is -2.37. The van der Waals surface area contributed by atoms with Gasteiger partial charge in [0.15, 0.2) is 0 Å². The number of hydrogen-bond acceptors (Lipinski definition) is 3. The highest BCUT2D eigenvalue weighted by molar-refractivity contribution is 5.39. The normalized spacial score (nSPS) is 19.5. The summed E-state index contributed by atoms with van der Waals surface area (Å²) in [5, 5.41) is 0. The Kier molecular flexibility index (Phi) is 5.23. The standard InChI is InChI=1S/C16H27N3/c1-3-14(2)19-12-10-18(11-13-19)9-8-15-4-6-16(17)7-5-15/h4-7,14H,3,8-13,17H2,1-2H3. The molecule has 1 aromatic carbocycles. The first-order chi connectivity index (χ1) is 9.19. The van der Waals surface area contributed by atoms with Crippen LogP contribution in [0.3, 0.4) is 0 Å². The second-order valence-electron chi connectivity index (χ2n) is 5.63. The fraction of sp³-hybridized carbons (Fsp3) is 0.625. The van der Waals surface area contributed by atoms with Crippen molar-refractivity contribution >= 4 is 5.69 Å². The predicted molar refractivity (Wildman–Crippen MR) is 82.3 cm³/mol. The minimum atomic E-state index is 0.735. The molecule has 3 heteroatoms. The fourth-order valence-electron chi connectivity index (χ4n) is 2.66. The molecule has 0 aromatic heterocycles. The lowest BCUT2D eigenvalue weighted by molar-refractivity contribution is 0.101. The molecule has 1 aliphatic heterocycles. The van der Waals surface area contributed by atoms with Gasteiger partial charge in [-0.1, -0.05) is 19.1 Å². The molecular weight excluding hydrogens is 234 g/mol. The maximum absolute atomic E-state index is 5.71. The van der Waals surface area contributed by atoms with E-state index in [0.717, 1.165) is 24.7 Å². The Hall–Kier alpha value is -1.06. The molecule has 1 aromatic rings. The molecule has 2 rings (SSSR count). The number of hydrogen-bond donors (Lipinski definition) is 1. The first kappa shape index (κ1) is 14.4. The number of benzene rings is 1. The van der Waals surface area contributed by atoms with Crippen LogP contribution >= 0.6 is 0 Å². The van der Waals surface area contributed by atoms with Crippen LogP contribution in [0.4, 0.5) is 5.69 Å². The van der Waals surface area contributed by atoms with Crippen LogP contribution in [-0.4, -0.2) is 48.6 Å². The van der Waals surface area contributed by atoms with Gasteiger partial charge in [-0.25, -0.2) is 0 Å². The fourth-order valence-corrected chi connectivity index (χ4v) is 2.66. The third-order valence-corrected chi connectivity index (χ3v) is 4.32. The van der Waals surface area contributed by atoms with Crippen molar-refractivity contribution in [2.45, 2.75) is 32.7 Å². The Morgan fingerprint density at radius 1 is 1.11 bits per heavy atom. The zero-order chi connectivity index (χ0) is 13.7. The van der Waals surface area contributed by atoms with Gasteiger partial charge in [0.25, 0.3) is 0 Å². The van der Waals surface area contributed by atoms with E-state index in [9.17, 15) is 0 Å². The van der Waals surface area contributed by atoms with Crippen LogP contribution in [0, 0.1) is 0 Å². The molecular formula is C16H27N3. The van der Waals surface area contributed by atoms with Crippen molar-refractivity contribution in [1.82, 2.24) is 9.80 Å². The molecule has 0 bridgehead atoms. The Morgan fingerprint density at radius 3 is 2.32 bits per heavy atom. The van der Waals surface area contributed by atoms with Crippen LogP contribution in [0.25, 0.3) is 0 Å². The highest BCUT2D eigenvalue weighted by Gasteiger charge is 2.19. The van der Waals surface area contributed by atoms with E-state index in [1.807, 2.05) is 12.1 Å². The zero-order valence-electron chi connectivity index (χ0n) is 12.3. The van der Waals surface area contributed by atoms with Crippen molar-refractivity contribution < 1.29 is 0 Å². The number of nitrogens with two attached hydrogens (primary N) is 1. The molecule has 1 atom stereocenters. The largest absolute Gasteiger partial charge is 0.399 e. The quantitative estimate of drug-likeness (QED) is 0.825. The molecule has 0 spiro atoms. The summed E-state index contributed by atoms with van der Waals surface area (Å²) in [6.45, 7) is 10.6. The minimum Gasteiger partial charge on any atom is -0.399 e. The molecule has 1 aliphatic rings. The van der Waals surface area contributed by atoms with Gasteiger partial charge in [-0.3, -0.25) is 4.90 Å². The van der Waals surface area contributed by atoms with Gasteiger partial charge in [-0.2, -0.15) is 0 Å². The summed E-state index contributed by atoms with van der Waals surface area (Å²) in [5.74, 6) is 0. The first-order valence-electron chi connectivity index (χ1n) is 7.50. The van der Waals surface area contributed by atoms with Gasteiger partial charge >= 0.3 is 0 Å². The third-order valence-electron chi connectivity index (χ3n) is 4.32. The smallest absolute Gasteiger partial charge is 0.0314 e. The van der Waals surface area contributed by atoms with E-state index in [2.05, 4.69) is 35.8 Å². The minimum absolute atomic E-state index is 0.735. The Balaban J connectivity index is 1.72. The molecule has 19 heavy (non-hydrogen) atoms. The van der Waals surface area contributed by atoms with Crippen molar-refractivity contribution in [3.05, 3.63) is 29.8 Å². The van der Waals surface area contributed by atoms with Gasteiger partial charge in [0, 0.05) is 44.5 Å². The van der Waals surface area contributed by atoms with Crippen LogP contribution in [0.15, 0.2) is 24.3 Å². The number of nitrogen functional groups attached to an aromatic ring is 1. The molecule has 1 heterocycles. The lowest BCUT2D eigenvalue weighted by Crippen LogP contribution is -2.49. The Bertz CT molecular complexity index is 366. The SMILES string of the molecule is CCC(C)N1CCN(CCc2ccc(N)cc2)CC1. The number of piperazine rings is 1. The van der Waals surface area contributed by atoms with Crippen molar-refractivity contribution in [2.24, 2.45) is 0 Å². The molecule has 106 valence electrons. The van der Waals surface area contributed by atoms with Crippen molar-refractivity contribution in [3.63, 3.8) is 0 Å². The zero-order valence-corrected chi connectivity index (χ0v) is 12.3. The van der Waals surface area contributed by atoms with Gasteiger partial charge in [-0.05, 0) is 37.5 Å². The molecule has 1 fully saturated rings. The molecule has 0 aliphatic carbocycles. The van der Waals surface area contributed by atoms with E-state index in [4.69, 9.17) is 5.73 Å². The summed E-state index contributed by atoms with van der Waals surface area (Å²) in [5.41, 5.74) is 7.95. The second kappa shape index (κ2) is 6.92. The highest BCUT2D eigenvalue weighted by Crippen LogP contribution is 2.11. The molecule has 1 unspecified atom stereocenters. The number of rotatable bonds is 5. The topological polar surface area (TPSA) is 32.5 Å². The van der Waals surface area contributed by atoms with Gasteiger partial charge < -0.3 is 10.6 Å². The summed E-state index contributed by atoms with van der Waals surface area (Å²) in [7, 11) is 0. The number of nitrogens with zero attached hydrogens (tertiary/aromatic N) is 2. The molecule has 0 saturated carbocycles. The maximum Gasteiger partial charge on any atom is 0.0314 e. The van der Waals surface area contributed by atoms with Crippen LogP contribution in [-0.2, 0) is 6.42 Å². The number of anilines is 1. The van der Waals surface area contributed by atoms with Crippen molar-refractivity contribution in [3.8, 4) is 0 Å². The summed E-state index contributed by atoms with van der Waals surface area (Å²) < 4.78 is 0. The van der Waals surface area contributed by atoms with Crippen LogP contribution in [0.2, 0.25) is 0 Å². The van der Waals surface area contributed by atoms with Crippen molar-refractivity contribution in [1.29, 1.82) is 0 Å². The van der Waals surface area contributed by atoms with Crippen LogP contribution in [0.1, 0.15) is 25.8 Å². The van der Waals surface area contributed by atoms with E-state index in [1.54, 1.807) is 0 Å². The highest BCUT2D eigenvalue weighted by atomic mass is 15.3. The van der Waals surface area contributed by atoms with Gasteiger partial charge in [-0.15, -0.1) is 0 Å².